The predicted molar refractivity (Wildman–Crippen MR) is 98.3 cm³/mol. The number of hydrogen-bond donors (Lipinski definition) is 1. The van der Waals surface area contributed by atoms with Crippen molar-refractivity contribution in [3.8, 4) is 0 Å². The fraction of sp³-hybridized carbons (Fsp3) is 0.556. The van der Waals surface area contributed by atoms with E-state index in [1.54, 1.807) is 20.8 Å². The van der Waals surface area contributed by atoms with Crippen LogP contribution in [0.15, 0.2) is 23.1 Å². The molecule has 0 saturated heterocycles. The monoisotopic (exact) mass is 493 g/mol. The third-order valence-corrected chi connectivity index (χ3v) is 5.26. The van der Waals surface area contributed by atoms with E-state index in [0.29, 0.717) is 0 Å². The van der Waals surface area contributed by atoms with Crippen molar-refractivity contribution < 1.29 is 53.8 Å². The highest BCUT2D eigenvalue weighted by atomic mass is 32.2. The molecule has 182 valence electrons. The number of halogens is 6. The summed E-state index contributed by atoms with van der Waals surface area (Å²) in [6, 6.07) is -1.33. The van der Waals surface area contributed by atoms with Gasteiger partial charge in [0.2, 0.25) is 0 Å². The lowest BCUT2D eigenvalue weighted by atomic mass is 10.1. The third kappa shape index (κ3) is 8.55. The topological polar surface area (TPSA) is 98.8 Å². The van der Waals surface area contributed by atoms with E-state index in [0.717, 1.165) is 0 Å². The quantitative estimate of drug-likeness (QED) is 0.476. The van der Waals surface area contributed by atoms with Crippen LogP contribution < -0.4 is 5.32 Å². The summed E-state index contributed by atoms with van der Waals surface area (Å²) in [6.45, 7) is 5.03. The van der Waals surface area contributed by atoms with E-state index >= 15 is 0 Å². The van der Waals surface area contributed by atoms with Crippen molar-refractivity contribution in [3.05, 3.63) is 29.3 Å². The second-order valence-corrected chi connectivity index (χ2v) is 9.71. The van der Waals surface area contributed by atoms with Crippen LogP contribution in [0, 0.1) is 0 Å². The Morgan fingerprint density at radius 2 is 1.44 bits per heavy atom. The van der Waals surface area contributed by atoms with Crippen molar-refractivity contribution in [2.45, 2.75) is 56.6 Å². The van der Waals surface area contributed by atoms with E-state index < -0.39 is 74.3 Å². The lowest BCUT2D eigenvalue weighted by Gasteiger charge is -2.21. The van der Waals surface area contributed by atoms with Crippen molar-refractivity contribution in [2.75, 3.05) is 12.4 Å². The van der Waals surface area contributed by atoms with E-state index in [9.17, 15) is 44.3 Å². The van der Waals surface area contributed by atoms with Crippen molar-refractivity contribution in [1.29, 1.82) is 0 Å². The molecule has 0 heterocycles. The Bertz CT molecular complexity index is 918. The highest BCUT2D eigenvalue weighted by Crippen LogP contribution is 2.37. The van der Waals surface area contributed by atoms with Crippen LogP contribution in [0.2, 0.25) is 0 Å². The van der Waals surface area contributed by atoms with Gasteiger partial charge in [0.05, 0.1) is 21.8 Å². The molecule has 7 nitrogen and oxygen atoms in total. The molecule has 32 heavy (non-hydrogen) atoms. The minimum Gasteiger partial charge on any atom is -0.463 e. The Kier molecular flexibility index (Phi) is 8.21. The van der Waals surface area contributed by atoms with Gasteiger partial charge in [0, 0.05) is 0 Å². The molecule has 1 aromatic rings. The van der Waals surface area contributed by atoms with Crippen LogP contribution in [-0.2, 0) is 36.5 Å². The van der Waals surface area contributed by atoms with Gasteiger partial charge in [-0.05, 0) is 45.9 Å². The molecule has 1 aromatic carbocycles. The molecule has 1 amide bonds. The number of hydrogen-bond acceptors (Lipinski definition) is 6. The largest absolute Gasteiger partial charge is 0.463 e. The van der Waals surface area contributed by atoms with Crippen LogP contribution in [0.3, 0.4) is 0 Å². The number of rotatable bonds is 6. The predicted octanol–water partition coefficient (Wildman–Crippen LogP) is 3.95. The molecule has 0 aliphatic heterocycles. The lowest BCUT2D eigenvalue weighted by Crippen LogP contribution is -2.42. The number of ether oxygens (including phenoxy) is 2. The number of amides is 1. The van der Waals surface area contributed by atoms with Gasteiger partial charge < -0.3 is 14.8 Å². The maximum atomic E-state index is 12.9. The fourth-order valence-corrected chi connectivity index (χ4v) is 3.30. The molecular weight excluding hydrogens is 472 g/mol. The Morgan fingerprint density at radius 3 is 1.84 bits per heavy atom. The number of carbonyl (C=O) groups is 2. The molecule has 0 aromatic heterocycles. The molecule has 0 saturated carbocycles. The summed E-state index contributed by atoms with van der Waals surface area (Å²) in [5, 5.41) is 2.13. The normalized spacial score (nSPS) is 13.9. The third-order valence-electron chi connectivity index (χ3n) is 3.60. The average molecular weight is 493 g/mol. The zero-order valence-corrected chi connectivity index (χ0v) is 18.2. The lowest BCUT2D eigenvalue weighted by molar-refractivity contribution is -0.145. The fourth-order valence-electron chi connectivity index (χ4n) is 2.14. The Hall–Kier alpha value is -2.51. The number of sulfone groups is 1. The summed E-state index contributed by atoms with van der Waals surface area (Å²) in [4.78, 5) is 22.2. The minimum absolute atomic E-state index is 0.0685. The maximum Gasteiger partial charge on any atom is 0.416 e. The van der Waals surface area contributed by atoms with Gasteiger partial charge in [-0.15, -0.1) is 0 Å². The van der Waals surface area contributed by atoms with E-state index in [1.165, 1.54) is 6.92 Å². The van der Waals surface area contributed by atoms with Gasteiger partial charge in [0.25, 0.3) is 0 Å². The van der Waals surface area contributed by atoms with Gasteiger partial charge in [0.1, 0.15) is 18.2 Å². The van der Waals surface area contributed by atoms with E-state index in [2.05, 4.69) is 10.1 Å². The number of carbonyl (C=O) groups excluding carboxylic acids is 2. The van der Waals surface area contributed by atoms with Gasteiger partial charge in [-0.1, -0.05) is 0 Å². The first-order valence-corrected chi connectivity index (χ1v) is 10.6. The average Bonchev–Trinajstić information content (AvgIpc) is 2.57. The van der Waals surface area contributed by atoms with Gasteiger partial charge in [-0.2, -0.15) is 26.3 Å². The van der Waals surface area contributed by atoms with Crippen molar-refractivity contribution >= 4 is 21.9 Å². The van der Waals surface area contributed by atoms with Gasteiger partial charge >= 0.3 is 24.4 Å². The van der Waals surface area contributed by atoms with Crippen LogP contribution in [-0.4, -0.2) is 44.5 Å². The molecule has 0 spiro atoms. The Morgan fingerprint density at radius 1 is 0.969 bits per heavy atom. The van der Waals surface area contributed by atoms with Gasteiger partial charge in [0.15, 0.2) is 9.84 Å². The molecule has 1 N–H and O–H groups in total. The molecule has 0 radical (unpaired) electrons. The standard InChI is InChI=1S/C18H21F6NO6S/c1-10(25-15(27)31-16(2,3)4)14(26)30-5-6-32(28,29)13-8-11(17(19,20)21)7-12(9-13)18(22,23)24/h7-10H,5-6H2,1-4H3,(H,25,27)/t10-/m1/s1. The van der Waals surface area contributed by atoms with E-state index in [1.807, 2.05) is 0 Å². The van der Waals surface area contributed by atoms with Gasteiger partial charge in [-0.25, -0.2) is 18.0 Å². The molecule has 0 aliphatic rings. The van der Waals surface area contributed by atoms with E-state index in [-0.39, 0.29) is 18.2 Å². The second-order valence-electron chi connectivity index (χ2n) is 7.60. The molecule has 0 bridgehead atoms. The van der Waals surface area contributed by atoms with Crippen LogP contribution >= 0.6 is 0 Å². The summed E-state index contributed by atoms with van der Waals surface area (Å²) in [5.41, 5.74) is -4.45. The number of benzene rings is 1. The first-order valence-electron chi connectivity index (χ1n) is 8.91. The zero-order chi connectivity index (χ0) is 25.1. The summed E-state index contributed by atoms with van der Waals surface area (Å²) < 4.78 is 112. The molecular formula is C18H21F6NO6S. The molecule has 14 heteroatoms. The van der Waals surface area contributed by atoms with Crippen LogP contribution in [0.5, 0.6) is 0 Å². The first-order chi connectivity index (χ1) is 14.2. The smallest absolute Gasteiger partial charge is 0.416 e. The Balaban J connectivity index is 2.90. The zero-order valence-electron chi connectivity index (χ0n) is 17.3. The van der Waals surface area contributed by atoms with Crippen LogP contribution in [0.1, 0.15) is 38.8 Å². The summed E-state index contributed by atoms with van der Waals surface area (Å²) >= 11 is 0. The molecule has 1 atom stereocenters. The molecule has 1 rings (SSSR count). The summed E-state index contributed by atoms with van der Waals surface area (Å²) in [6.07, 6.45) is -11.4. The number of nitrogens with one attached hydrogen (secondary N) is 1. The number of esters is 1. The van der Waals surface area contributed by atoms with Crippen molar-refractivity contribution in [3.63, 3.8) is 0 Å². The highest BCUT2D eigenvalue weighted by Gasteiger charge is 2.38. The summed E-state index contributed by atoms with van der Waals surface area (Å²) in [5.74, 6) is -2.18. The Labute approximate surface area is 180 Å². The number of alkyl halides is 6. The van der Waals surface area contributed by atoms with E-state index in [4.69, 9.17) is 4.74 Å². The second kappa shape index (κ2) is 9.55. The maximum absolute atomic E-state index is 12.9. The molecule has 0 aliphatic carbocycles. The van der Waals surface area contributed by atoms with Crippen LogP contribution in [0.25, 0.3) is 0 Å². The van der Waals surface area contributed by atoms with Crippen molar-refractivity contribution in [1.82, 2.24) is 5.32 Å². The van der Waals surface area contributed by atoms with Crippen molar-refractivity contribution in [2.24, 2.45) is 0 Å². The van der Waals surface area contributed by atoms with Crippen LogP contribution in [0.4, 0.5) is 31.1 Å². The number of alkyl carbamates (subject to hydrolysis) is 1. The van der Waals surface area contributed by atoms with Gasteiger partial charge in [-0.3, -0.25) is 0 Å². The minimum atomic E-state index is -5.22. The SMILES string of the molecule is C[C@@H](NC(=O)OC(C)(C)C)C(=O)OCCS(=O)(=O)c1cc(C(F)(F)F)cc(C(F)(F)F)c1. The molecule has 0 unspecified atom stereocenters. The first kappa shape index (κ1) is 27.5. The highest BCUT2D eigenvalue weighted by molar-refractivity contribution is 7.91. The molecule has 0 fully saturated rings. The summed E-state index contributed by atoms with van der Waals surface area (Å²) in [7, 11) is -4.68.